The number of benzene rings is 1. The number of aliphatic hydroxyl groups is 1. The van der Waals surface area contributed by atoms with E-state index in [2.05, 4.69) is 10.6 Å². The number of nitrogens with one attached hydrogen (secondary N) is 2. The zero-order valence-electron chi connectivity index (χ0n) is 20.3. The molecule has 1 aromatic carbocycles. The Balaban J connectivity index is 1.63. The molecule has 0 aromatic heterocycles. The average Bonchev–Trinajstić information content (AvgIpc) is 2.81. The summed E-state index contributed by atoms with van der Waals surface area (Å²) in [7, 11) is 0. The first-order valence-corrected chi connectivity index (χ1v) is 12.5. The van der Waals surface area contributed by atoms with Crippen LogP contribution in [0.2, 0.25) is 0 Å². The van der Waals surface area contributed by atoms with Gasteiger partial charge in [0.25, 0.3) is 0 Å². The topological polar surface area (TPSA) is 114 Å². The Morgan fingerprint density at radius 3 is 2.42 bits per heavy atom. The second-order valence-corrected chi connectivity index (χ2v) is 9.69. The molecule has 0 bridgehead atoms. The molecule has 2 amide bonds. The lowest BCUT2D eigenvalue weighted by Gasteiger charge is -2.29. The lowest BCUT2D eigenvalue weighted by atomic mass is 9.81. The second-order valence-electron chi connectivity index (χ2n) is 9.69. The van der Waals surface area contributed by atoms with Crippen molar-refractivity contribution in [3.8, 4) is 0 Å². The molecule has 0 radical (unpaired) electrons. The molecule has 3 atom stereocenters. The first-order chi connectivity index (χ1) is 15.9. The third kappa shape index (κ3) is 10.6. The summed E-state index contributed by atoms with van der Waals surface area (Å²) in [5.74, 6) is 0.344. The summed E-state index contributed by atoms with van der Waals surface area (Å²) in [6.45, 7) is 5.08. The van der Waals surface area contributed by atoms with Gasteiger partial charge in [-0.25, -0.2) is 4.79 Å². The lowest BCUT2D eigenvalue weighted by Crippen LogP contribution is -2.42. The molecule has 0 aliphatic heterocycles. The molecule has 1 aliphatic carbocycles. The maximum absolute atomic E-state index is 12.7. The summed E-state index contributed by atoms with van der Waals surface area (Å²) in [4.78, 5) is 24.5. The van der Waals surface area contributed by atoms with Gasteiger partial charge in [0.05, 0.1) is 6.10 Å². The Bertz CT molecular complexity index is 692. The zero-order valence-corrected chi connectivity index (χ0v) is 20.3. The van der Waals surface area contributed by atoms with Gasteiger partial charge in [0.15, 0.2) is 0 Å². The summed E-state index contributed by atoms with van der Waals surface area (Å²) in [5, 5.41) is 16.3. The minimum absolute atomic E-state index is 0.0689. The van der Waals surface area contributed by atoms with Crippen LogP contribution < -0.4 is 16.4 Å². The molecule has 0 saturated heterocycles. The van der Waals surface area contributed by atoms with Crippen molar-refractivity contribution < 1.29 is 19.4 Å². The van der Waals surface area contributed by atoms with Gasteiger partial charge >= 0.3 is 6.09 Å². The maximum atomic E-state index is 12.7. The van der Waals surface area contributed by atoms with Gasteiger partial charge in [0, 0.05) is 25.0 Å². The molecule has 1 aliphatic rings. The van der Waals surface area contributed by atoms with Crippen LogP contribution in [0.5, 0.6) is 0 Å². The quantitative estimate of drug-likeness (QED) is 0.334. The van der Waals surface area contributed by atoms with Crippen LogP contribution in [-0.2, 0) is 16.1 Å². The van der Waals surface area contributed by atoms with Crippen molar-refractivity contribution >= 4 is 12.0 Å². The van der Waals surface area contributed by atoms with E-state index in [0.717, 1.165) is 12.0 Å². The fraction of sp³-hybridized carbons (Fsp3) is 0.692. The van der Waals surface area contributed by atoms with Crippen LogP contribution in [0.3, 0.4) is 0 Å². The summed E-state index contributed by atoms with van der Waals surface area (Å²) in [5.41, 5.74) is 7.22. The summed E-state index contributed by atoms with van der Waals surface area (Å²) < 4.78 is 5.17. The molecule has 1 aromatic rings. The van der Waals surface area contributed by atoms with Gasteiger partial charge in [0.2, 0.25) is 5.91 Å². The first kappa shape index (κ1) is 27.1. The number of hydrogen-bond donors (Lipinski definition) is 4. The Kier molecular flexibility index (Phi) is 12.3. The van der Waals surface area contributed by atoms with Gasteiger partial charge in [0.1, 0.15) is 6.61 Å². The van der Waals surface area contributed by atoms with E-state index in [0.29, 0.717) is 31.8 Å². The van der Waals surface area contributed by atoms with Crippen LogP contribution >= 0.6 is 0 Å². The van der Waals surface area contributed by atoms with E-state index in [1.54, 1.807) is 0 Å². The number of ether oxygens (including phenoxy) is 1. The van der Waals surface area contributed by atoms with Crippen LogP contribution in [0.1, 0.15) is 70.8 Å². The van der Waals surface area contributed by atoms with Gasteiger partial charge in [-0.15, -0.1) is 0 Å². The molecule has 7 heteroatoms. The molecule has 0 heterocycles. The molecule has 33 heavy (non-hydrogen) atoms. The van der Waals surface area contributed by atoms with Crippen molar-refractivity contribution in [3.63, 3.8) is 0 Å². The fourth-order valence-corrected chi connectivity index (χ4v) is 4.48. The highest BCUT2D eigenvalue weighted by molar-refractivity contribution is 5.78. The van der Waals surface area contributed by atoms with E-state index < -0.39 is 12.2 Å². The molecule has 1 saturated carbocycles. The van der Waals surface area contributed by atoms with Crippen LogP contribution in [0, 0.1) is 17.8 Å². The Morgan fingerprint density at radius 2 is 1.76 bits per heavy atom. The zero-order chi connectivity index (χ0) is 24.1. The highest BCUT2D eigenvalue weighted by Crippen LogP contribution is 2.28. The second kappa shape index (κ2) is 14.9. The first-order valence-electron chi connectivity index (χ1n) is 12.5. The van der Waals surface area contributed by atoms with Crippen molar-refractivity contribution in [1.29, 1.82) is 0 Å². The average molecular weight is 462 g/mol. The van der Waals surface area contributed by atoms with Gasteiger partial charge in [-0.3, -0.25) is 4.79 Å². The number of amides is 2. The Hall–Kier alpha value is -2.12. The summed E-state index contributed by atoms with van der Waals surface area (Å²) in [6.07, 6.45) is 6.86. The van der Waals surface area contributed by atoms with E-state index in [-0.39, 0.29) is 30.4 Å². The van der Waals surface area contributed by atoms with Crippen molar-refractivity contribution in [2.45, 2.75) is 84.0 Å². The lowest BCUT2D eigenvalue weighted by molar-refractivity contribution is -0.127. The van der Waals surface area contributed by atoms with Gasteiger partial charge in [-0.05, 0) is 36.7 Å². The van der Waals surface area contributed by atoms with Crippen molar-refractivity contribution in [2.75, 3.05) is 13.1 Å². The standard InChI is InChI=1S/C26H43N3O4/c1-19(2)22(17-24(30)23(27)16-20-10-5-3-6-11-20)25(31)28-14-9-15-29-26(32)33-18-21-12-7-4-8-13-21/h4,7-8,12-13,19-20,22-24,30H,3,5-6,9-11,14-18,27H2,1-2H3,(H,28,31)(H,29,32)/t22-,23-,24-/m0/s1. The van der Waals surface area contributed by atoms with Crippen molar-refractivity contribution in [3.05, 3.63) is 35.9 Å². The smallest absolute Gasteiger partial charge is 0.407 e. The number of rotatable bonds is 13. The number of nitrogens with two attached hydrogens (primary N) is 1. The van der Waals surface area contributed by atoms with E-state index in [1.807, 2.05) is 44.2 Å². The minimum Gasteiger partial charge on any atom is -0.445 e. The Labute approximate surface area is 198 Å². The fourth-order valence-electron chi connectivity index (χ4n) is 4.48. The predicted molar refractivity (Wildman–Crippen MR) is 130 cm³/mol. The van der Waals surface area contributed by atoms with E-state index >= 15 is 0 Å². The van der Waals surface area contributed by atoms with Crippen LogP contribution in [0.4, 0.5) is 4.79 Å². The minimum atomic E-state index is -0.675. The number of carbonyl (C=O) groups excluding carboxylic acids is 2. The van der Waals surface area contributed by atoms with Crippen molar-refractivity contribution in [1.82, 2.24) is 10.6 Å². The summed E-state index contributed by atoms with van der Waals surface area (Å²) in [6, 6.07) is 9.21. The monoisotopic (exact) mass is 461 g/mol. The summed E-state index contributed by atoms with van der Waals surface area (Å²) >= 11 is 0. The molecule has 7 nitrogen and oxygen atoms in total. The SMILES string of the molecule is CC(C)[C@H](C[C@H](O)[C@@H](N)CC1CCCCC1)C(=O)NCCCNC(=O)OCc1ccccc1. The molecule has 5 N–H and O–H groups in total. The molecule has 1 fully saturated rings. The van der Waals surface area contributed by atoms with Crippen LogP contribution in [0.15, 0.2) is 30.3 Å². The molecule has 0 unspecified atom stereocenters. The molecule has 0 spiro atoms. The van der Waals surface area contributed by atoms with E-state index in [1.165, 1.54) is 32.1 Å². The number of hydrogen-bond acceptors (Lipinski definition) is 5. The van der Waals surface area contributed by atoms with Gasteiger partial charge < -0.3 is 26.2 Å². The largest absolute Gasteiger partial charge is 0.445 e. The molecular formula is C26H43N3O4. The van der Waals surface area contributed by atoms with Gasteiger partial charge in [-0.2, -0.15) is 0 Å². The van der Waals surface area contributed by atoms with E-state index in [4.69, 9.17) is 10.5 Å². The normalized spacial score (nSPS) is 17.2. The van der Waals surface area contributed by atoms with Crippen molar-refractivity contribution in [2.24, 2.45) is 23.5 Å². The van der Waals surface area contributed by atoms with Crippen LogP contribution in [-0.4, -0.2) is 42.3 Å². The Morgan fingerprint density at radius 1 is 1.09 bits per heavy atom. The molecule has 186 valence electrons. The highest BCUT2D eigenvalue weighted by atomic mass is 16.5. The third-order valence-corrected chi connectivity index (χ3v) is 6.60. The number of carbonyl (C=O) groups is 2. The van der Waals surface area contributed by atoms with Gasteiger partial charge in [-0.1, -0.05) is 76.3 Å². The van der Waals surface area contributed by atoms with Crippen LogP contribution in [0.25, 0.3) is 0 Å². The van der Waals surface area contributed by atoms with E-state index in [9.17, 15) is 14.7 Å². The maximum Gasteiger partial charge on any atom is 0.407 e. The predicted octanol–water partition coefficient (Wildman–Crippen LogP) is 3.74. The number of aliphatic hydroxyl groups excluding tert-OH is 1. The molecular weight excluding hydrogens is 418 g/mol. The number of alkyl carbamates (subject to hydrolysis) is 1. The highest BCUT2D eigenvalue weighted by Gasteiger charge is 2.29. The third-order valence-electron chi connectivity index (χ3n) is 6.60. The molecule has 2 rings (SSSR count).